The Labute approximate surface area is 105 Å². The second kappa shape index (κ2) is 5.72. The number of ether oxygens (including phenoxy) is 1. The molecule has 18 heavy (non-hydrogen) atoms. The highest BCUT2D eigenvalue weighted by Crippen LogP contribution is 2.21. The van der Waals surface area contributed by atoms with Gasteiger partial charge in [-0.15, -0.1) is 0 Å². The molecule has 2 amide bonds. The number of nitrogens with one attached hydrogen (secondary N) is 1. The van der Waals surface area contributed by atoms with Crippen LogP contribution in [0.1, 0.15) is 5.56 Å². The van der Waals surface area contributed by atoms with Crippen molar-refractivity contribution < 1.29 is 9.53 Å². The Morgan fingerprint density at radius 3 is 2.50 bits per heavy atom. The molecule has 0 radical (unpaired) electrons. The number of rotatable bonds is 4. The second-order valence-corrected chi connectivity index (χ2v) is 3.78. The van der Waals surface area contributed by atoms with E-state index in [1.54, 1.807) is 0 Å². The molecule has 0 bridgehead atoms. The van der Waals surface area contributed by atoms with Crippen molar-refractivity contribution in [2.24, 2.45) is 5.73 Å². The van der Waals surface area contributed by atoms with Crippen LogP contribution < -0.4 is 15.8 Å². The molecule has 0 unspecified atom stereocenters. The van der Waals surface area contributed by atoms with E-state index in [1.165, 1.54) is 0 Å². The fourth-order valence-electron chi connectivity index (χ4n) is 1.53. The van der Waals surface area contributed by atoms with Gasteiger partial charge in [0.1, 0.15) is 11.5 Å². The van der Waals surface area contributed by atoms with Crippen molar-refractivity contribution in [3.63, 3.8) is 0 Å². The van der Waals surface area contributed by atoms with Crippen LogP contribution in [-0.4, -0.2) is 6.03 Å². The number of amides is 2. The van der Waals surface area contributed by atoms with Gasteiger partial charge in [-0.1, -0.05) is 30.3 Å². The van der Waals surface area contributed by atoms with E-state index in [4.69, 9.17) is 10.5 Å². The van der Waals surface area contributed by atoms with Crippen molar-refractivity contribution >= 4 is 6.03 Å². The standard InChI is InChI=1S/C14H14N2O2/c15-14(17)16-10-11-5-4-8-13(9-11)18-12-6-2-1-3-7-12/h1-9H,10H2,(H3,15,16,17). The summed E-state index contributed by atoms with van der Waals surface area (Å²) in [7, 11) is 0. The van der Waals surface area contributed by atoms with Gasteiger partial charge in [0.25, 0.3) is 0 Å². The Kier molecular flexibility index (Phi) is 3.81. The molecule has 0 aliphatic rings. The third kappa shape index (κ3) is 3.52. The zero-order chi connectivity index (χ0) is 12.8. The molecule has 4 nitrogen and oxygen atoms in total. The van der Waals surface area contributed by atoms with Gasteiger partial charge >= 0.3 is 6.03 Å². The highest BCUT2D eigenvalue weighted by atomic mass is 16.5. The largest absolute Gasteiger partial charge is 0.457 e. The first kappa shape index (κ1) is 12.0. The van der Waals surface area contributed by atoms with Crippen LogP contribution in [0.3, 0.4) is 0 Å². The maximum atomic E-state index is 10.6. The highest BCUT2D eigenvalue weighted by Gasteiger charge is 1.99. The lowest BCUT2D eigenvalue weighted by Crippen LogP contribution is -2.28. The molecule has 0 saturated heterocycles. The fraction of sp³-hybridized carbons (Fsp3) is 0.0714. The molecule has 2 rings (SSSR count). The molecule has 0 spiro atoms. The molecule has 92 valence electrons. The number of nitrogens with two attached hydrogens (primary N) is 1. The number of urea groups is 1. The van der Waals surface area contributed by atoms with Crippen molar-refractivity contribution in [2.45, 2.75) is 6.54 Å². The van der Waals surface area contributed by atoms with E-state index >= 15 is 0 Å². The third-order valence-electron chi connectivity index (χ3n) is 2.34. The number of benzene rings is 2. The monoisotopic (exact) mass is 242 g/mol. The van der Waals surface area contributed by atoms with Gasteiger partial charge in [0.2, 0.25) is 0 Å². The average molecular weight is 242 g/mol. The Hall–Kier alpha value is -2.49. The van der Waals surface area contributed by atoms with Gasteiger partial charge in [0, 0.05) is 6.54 Å². The van der Waals surface area contributed by atoms with Crippen LogP contribution in [0.15, 0.2) is 54.6 Å². The number of carbonyl (C=O) groups is 1. The second-order valence-electron chi connectivity index (χ2n) is 3.78. The number of hydrogen-bond acceptors (Lipinski definition) is 2. The van der Waals surface area contributed by atoms with Gasteiger partial charge in [0.15, 0.2) is 0 Å². The Balaban J connectivity index is 2.05. The Morgan fingerprint density at radius 2 is 1.78 bits per heavy atom. The Morgan fingerprint density at radius 1 is 1.06 bits per heavy atom. The smallest absolute Gasteiger partial charge is 0.312 e. The van der Waals surface area contributed by atoms with Crippen molar-refractivity contribution in [3.8, 4) is 11.5 Å². The van der Waals surface area contributed by atoms with Gasteiger partial charge < -0.3 is 15.8 Å². The summed E-state index contributed by atoms with van der Waals surface area (Å²) >= 11 is 0. The first-order chi connectivity index (χ1) is 8.74. The molecule has 0 heterocycles. The average Bonchev–Trinajstić information content (AvgIpc) is 2.38. The lowest BCUT2D eigenvalue weighted by molar-refractivity contribution is 0.248. The number of hydrogen-bond donors (Lipinski definition) is 2. The molecule has 2 aromatic rings. The summed E-state index contributed by atoms with van der Waals surface area (Å²) in [4.78, 5) is 10.6. The predicted molar refractivity (Wildman–Crippen MR) is 69.4 cm³/mol. The molecule has 0 aliphatic carbocycles. The first-order valence-corrected chi connectivity index (χ1v) is 5.59. The van der Waals surface area contributed by atoms with E-state index < -0.39 is 6.03 Å². The molecule has 0 saturated carbocycles. The van der Waals surface area contributed by atoms with E-state index in [1.807, 2.05) is 54.6 Å². The normalized spacial score (nSPS) is 9.78. The van der Waals surface area contributed by atoms with E-state index in [2.05, 4.69) is 5.32 Å². The van der Waals surface area contributed by atoms with Gasteiger partial charge in [-0.25, -0.2) is 4.79 Å². The minimum absolute atomic E-state index is 0.390. The minimum Gasteiger partial charge on any atom is -0.457 e. The maximum absolute atomic E-state index is 10.6. The van der Waals surface area contributed by atoms with Crippen LogP contribution in [-0.2, 0) is 6.54 Å². The SMILES string of the molecule is NC(=O)NCc1cccc(Oc2ccccc2)c1. The van der Waals surface area contributed by atoms with Crippen LogP contribution in [0.5, 0.6) is 11.5 Å². The summed E-state index contributed by atoms with van der Waals surface area (Å²) in [5.41, 5.74) is 5.95. The summed E-state index contributed by atoms with van der Waals surface area (Å²) < 4.78 is 5.68. The number of carbonyl (C=O) groups excluding carboxylic acids is 1. The molecule has 3 N–H and O–H groups in total. The topological polar surface area (TPSA) is 64.4 Å². The van der Waals surface area contributed by atoms with Crippen LogP contribution in [0.2, 0.25) is 0 Å². The molecular weight excluding hydrogens is 228 g/mol. The summed E-state index contributed by atoms with van der Waals surface area (Å²) in [5, 5.41) is 2.54. The molecule has 4 heteroatoms. The lowest BCUT2D eigenvalue weighted by atomic mass is 10.2. The summed E-state index contributed by atoms with van der Waals surface area (Å²) in [6.45, 7) is 0.390. The zero-order valence-corrected chi connectivity index (χ0v) is 9.80. The summed E-state index contributed by atoms with van der Waals surface area (Å²) in [6, 6.07) is 16.5. The zero-order valence-electron chi connectivity index (χ0n) is 9.80. The summed E-state index contributed by atoms with van der Waals surface area (Å²) in [5.74, 6) is 1.50. The van der Waals surface area contributed by atoms with Crippen LogP contribution in [0, 0.1) is 0 Å². The van der Waals surface area contributed by atoms with E-state index in [-0.39, 0.29) is 0 Å². The molecular formula is C14H14N2O2. The predicted octanol–water partition coefficient (Wildman–Crippen LogP) is 2.65. The molecule has 0 aromatic heterocycles. The third-order valence-corrected chi connectivity index (χ3v) is 2.34. The first-order valence-electron chi connectivity index (χ1n) is 5.59. The van der Waals surface area contributed by atoms with Crippen molar-refractivity contribution in [3.05, 3.63) is 60.2 Å². The fourth-order valence-corrected chi connectivity index (χ4v) is 1.53. The van der Waals surface area contributed by atoms with Gasteiger partial charge in [-0.05, 0) is 29.8 Å². The lowest BCUT2D eigenvalue weighted by Gasteiger charge is -2.07. The van der Waals surface area contributed by atoms with E-state index in [0.717, 1.165) is 17.1 Å². The molecule has 2 aromatic carbocycles. The minimum atomic E-state index is -0.538. The highest BCUT2D eigenvalue weighted by molar-refractivity contribution is 5.71. The quantitative estimate of drug-likeness (QED) is 0.865. The van der Waals surface area contributed by atoms with E-state index in [9.17, 15) is 4.79 Å². The number of para-hydroxylation sites is 1. The van der Waals surface area contributed by atoms with Crippen LogP contribution in [0.25, 0.3) is 0 Å². The van der Waals surface area contributed by atoms with Gasteiger partial charge in [-0.2, -0.15) is 0 Å². The van der Waals surface area contributed by atoms with Crippen molar-refractivity contribution in [2.75, 3.05) is 0 Å². The van der Waals surface area contributed by atoms with Crippen molar-refractivity contribution in [1.82, 2.24) is 5.32 Å². The molecule has 0 aliphatic heterocycles. The molecule has 0 atom stereocenters. The van der Waals surface area contributed by atoms with E-state index in [0.29, 0.717) is 6.54 Å². The Bertz CT molecular complexity index is 526. The van der Waals surface area contributed by atoms with Crippen LogP contribution >= 0.6 is 0 Å². The number of primary amides is 1. The van der Waals surface area contributed by atoms with Gasteiger partial charge in [0.05, 0.1) is 0 Å². The van der Waals surface area contributed by atoms with Crippen LogP contribution in [0.4, 0.5) is 4.79 Å². The summed E-state index contributed by atoms with van der Waals surface area (Å²) in [6.07, 6.45) is 0. The van der Waals surface area contributed by atoms with Gasteiger partial charge in [-0.3, -0.25) is 0 Å². The molecule has 0 fully saturated rings. The maximum Gasteiger partial charge on any atom is 0.312 e. The van der Waals surface area contributed by atoms with Crippen molar-refractivity contribution in [1.29, 1.82) is 0 Å².